The molecular weight excluding hydrogens is 331 g/mol. The number of nitrogens with one attached hydrogen (secondary N) is 1. The average molecular weight is 346 g/mol. The highest BCUT2D eigenvalue weighted by Crippen LogP contribution is 2.24. The molecule has 2 aromatic rings. The van der Waals surface area contributed by atoms with Gasteiger partial charge in [0.15, 0.2) is 5.82 Å². The Bertz CT molecular complexity index is 601. The second-order valence-electron chi connectivity index (χ2n) is 4.08. The lowest BCUT2D eigenvalue weighted by atomic mass is 10.2. The van der Waals surface area contributed by atoms with Gasteiger partial charge in [-0.15, -0.1) is 0 Å². The number of hydrogen-bond acceptors (Lipinski definition) is 3. The summed E-state index contributed by atoms with van der Waals surface area (Å²) in [5.74, 6) is 0.277. The van der Waals surface area contributed by atoms with Crippen LogP contribution in [0.2, 0.25) is 0 Å². The normalized spacial score (nSPS) is 13.1. The van der Waals surface area contributed by atoms with Crippen molar-refractivity contribution in [3.63, 3.8) is 0 Å². The lowest BCUT2D eigenvalue weighted by Crippen LogP contribution is -2.24. The summed E-state index contributed by atoms with van der Waals surface area (Å²) < 4.78 is 1.95. The fourth-order valence-corrected chi connectivity index (χ4v) is 3.29. The number of alkyl halides is 1. The fourth-order valence-electron chi connectivity index (χ4n) is 1.97. The van der Waals surface area contributed by atoms with Crippen LogP contribution in [0, 0.1) is 6.92 Å². The molecule has 6 heteroatoms. The number of nitrogens with two attached hydrogens (primary N) is 1. The Morgan fingerprint density at radius 1 is 1.65 bits per heavy atom. The molecule has 0 saturated heterocycles. The Morgan fingerprint density at radius 2 is 2.35 bits per heavy atom. The van der Waals surface area contributed by atoms with Crippen LogP contribution in [0.25, 0.3) is 10.9 Å². The minimum absolute atomic E-state index is 0.0564. The monoisotopic (exact) mass is 346 g/mol. The molecule has 0 aliphatic carbocycles. The number of H-pyrrole nitrogens is 1. The van der Waals surface area contributed by atoms with E-state index in [1.807, 2.05) is 13.0 Å². The highest BCUT2D eigenvalue weighted by atomic mass is 127. The summed E-state index contributed by atoms with van der Waals surface area (Å²) in [7, 11) is 0. The second kappa shape index (κ2) is 4.67. The number of rotatable bonds is 3. The van der Waals surface area contributed by atoms with Crippen molar-refractivity contribution in [2.75, 3.05) is 5.73 Å². The zero-order chi connectivity index (χ0) is 12.6. The van der Waals surface area contributed by atoms with Crippen LogP contribution in [0.15, 0.2) is 10.9 Å². The Kier molecular flexibility index (Phi) is 3.41. The van der Waals surface area contributed by atoms with Gasteiger partial charge in [-0.25, -0.2) is 0 Å². The van der Waals surface area contributed by atoms with E-state index < -0.39 is 0 Å². The number of aryl methyl sites for hydroxylation is 1. The third-order valence-corrected chi connectivity index (χ3v) is 3.98. The number of aromatic amines is 1. The molecule has 17 heavy (non-hydrogen) atoms. The van der Waals surface area contributed by atoms with Crippen molar-refractivity contribution in [2.45, 2.75) is 30.7 Å². The molecule has 0 fully saturated rings. The number of anilines is 1. The maximum Gasteiger partial charge on any atom is 0.264 e. The van der Waals surface area contributed by atoms with Crippen molar-refractivity contribution < 1.29 is 0 Å². The van der Waals surface area contributed by atoms with E-state index in [4.69, 9.17) is 5.73 Å². The number of nitrogen functional groups attached to an aromatic ring is 1. The highest BCUT2D eigenvalue weighted by Gasteiger charge is 2.16. The third kappa shape index (κ3) is 2.05. The first-order valence-electron chi connectivity index (χ1n) is 5.56. The number of nitrogens with zero attached hydrogens (tertiary/aromatic N) is 2. The van der Waals surface area contributed by atoms with Gasteiger partial charge in [0.1, 0.15) is 5.39 Å². The summed E-state index contributed by atoms with van der Waals surface area (Å²) in [4.78, 5) is 12.4. The molecule has 1 unspecified atom stereocenters. The van der Waals surface area contributed by atoms with Crippen molar-refractivity contribution in [1.82, 2.24) is 14.8 Å². The molecule has 0 aromatic carbocycles. The first-order chi connectivity index (χ1) is 8.06. The van der Waals surface area contributed by atoms with E-state index in [0.29, 0.717) is 10.9 Å². The largest absolute Gasteiger partial charge is 0.382 e. The van der Waals surface area contributed by atoms with Crippen LogP contribution in [0.5, 0.6) is 0 Å². The molecule has 2 rings (SSSR count). The smallest absolute Gasteiger partial charge is 0.264 e. The average Bonchev–Trinajstić information content (AvgIpc) is 2.60. The maximum absolute atomic E-state index is 12.4. The summed E-state index contributed by atoms with van der Waals surface area (Å²) in [5, 5.41) is 7.15. The van der Waals surface area contributed by atoms with E-state index in [9.17, 15) is 4.79 Å². The van der Waals surface area contributed by atoms with E-state index in [1.54, 1.807) is 4.57 Å². The number of hydrogen-bond donors (Lipinski definition) is 2. The molecule has 0 saturated carbocycles. The first-order valence-corrected chi connectivity index (χ1v) is 6.80. The molecule has 0 amide bonds. The Balaban J connectivity index is 2.70. The molecule has 0 aliphatic heterocycles. The molecule has 0 aliphatic rings. The van der Waals surface area contributed by atoms with Crippen LogP contribution in [0.1, 0.15) is 29.5 Å². The van der Waals surface area contributed by atoms with Gasteiger partial charge in [-0.3, -0.25) is 14.5 Å². The fraction of sp³-hybridized carbons (Fsp3) is 0.455. The summed E-state index contributed by atoms with van der Waals surface area (Å²) in [6.07, 6.45) is 2.00. The molecule has 0 radical (unpaired) electrons. The van der Waals surface area contributed by atoms with E-state index in [0.717, 1.165) is 18.5 Å². The van der Waals surface area contributed by atoms with Crippen molar-refractivity contribution in [1.29, 1.82) is 0 Å². The van der Waals surface area contributed by atoms with Gasteiger partial charge in [0.25, 0.3) is 5.56 Å². The van der Waals surface area contributed by atoms with E-state index in [-0.39, 0.29) is 15.4 Å². The summed E-state index contributed by atoms with van der Waals surface area (Å²) in [6.45, 7) is 4.04. The van der Waals surface area contributed by atoms with Gasteiger partial charge in [-0.1, -0.05) is 35.9 Å². The summed E-state index contributed by atoms with van der Waals surface area (Å²) in [6, 6.07) is 1.92. The topological polar surface area (TPSA) is 76.7 Å². The molecule has 2 aromatic heterocycles. The van der Waals surface area contributed by atoms with Gasteiger partial charge in [0.05, 0.1) is 9.57 Å². The molecule has 1 atom stereocenters. The van der Waals surface area contributed by atoms with Gasteiger partial charge in [-0.05, 0) is 19.4 Å². The molecule has 0 spiro atoms. The first kappa shape index (κ1) is 12.4. The Hall–Kier alpha value is -1.05. The minimum Gasteiger partial charge on any atom is -0.382 e. The van der Waals surface area contributed by atoms with Gasteiger partial charge < -0.3 is 5.73 Å². The molecule has 92 valence electrons. The van der Waals surface area contributed by atoms with Crippen LogP contribution >= 0.6 is 22.6 Å². The van der Waals surface area contributed by atoms with E-state index in [1.165, 1.54) is 0 Å². The number of pyridine rings is 1. The predicted molar refractivity (Wildman–Crippen MR) is 77.5 cm³/mol. The molecule has 2 heterocycles. The van der Waals surface area contributed by atoms with Gasteiger partial charge in [-0.2, -0.15) is 5.10 Å². The third-order valence-electron chi connectivity index (χ3n) is 2.80. The molecule has 5 nitrogen and oxygen atoms in total. The summed E-state index contributed by atoms with van der Waals surface area (Å²) in [5.41, 5.74) is 7.29. The minimum atomic E-state index is -0.0564. The van der Waals surface area contributed by atoms with Crippen LogP contribution in [-0.2, 0) is 0 Å². The number of aromatic nitrogens is 3. The van der Waals surface area contributed by atoms with Gasteiger partial charge >= 0.3 is 0 Å². The van der Waals surface area contributed by atoms with Crippen LogP contribution in [0.4, 0.5) is 5.82 Å². The highest BCUT2D eigenvalue weighted by molar-refractivity contribution is 14.1. The van der Waals surface area contributed by atoms with Crippen molar-refractivity contribution in [3.05, 3.63) is 22.1 Å². The van der Waals surface area contributed by atoms with Gasteiger partial charge in [0.2, 0.25) is 0 Å². The van der Waals surface area contributed by atoms with E-state index in [2.05, 4.69) is 39.7 Å². The molecular formula is C11H15IN4O. The van der Waals surface area contributed by atoms with Crippen LogP contribution < -0.4 is 11.3 Å². The number of halogens is 1. The van der Waals surface area contributed by atoms with Crippen molar-refractivity contribution in [2.24, 2.45) is 0 Å². The SMILES string of the molecule is CCCC(I)n1c(C)cc2[nH]nc(N)c2c1=O. The second-order valence-corrected chi connectivity index (χ2v) is 5.52. The van der Waals surface area contributed by atoms with E-state index >= 15 is 0 Å². The van der Waals surface area contributed by atoms with Crippen molar-refractivity contribution in [3.8, 4) is 0 Å². The van der Waals surface area contributed by atoms with Crippen LogP contribution in [0.3, 0.4) is 0 Å². The number of fused-ring (bicyclic) bond motifs is 1. The lowest BCUT2D eigenvalue weighted by molar-refractivity contribution is 0.608. The Morgan fingerprint density at radius 3 is 3.00 bits per heavy atom. The molecule has 3 N–H and O–H groups in total. The zero-order valence-corrected chi connectivity index (χ0v) is 12.0. The Labute approximate surface area is 113 Å². The zero-order valence-electron chi connectivity index (χ0n) is 9.83. The quantitative estimate of drug-likeness (QED) is 0.662. The van der Waals surface area contributed by atoms with Gasteiger partial charge in [0, 0.05) is 5.69 Å². The predicted octanol–water partition coefficient (Wildman–Crippen LogP) is 2.35. The molecule has 0 bridgehead atoms. The van der Waals surface area contributed by atoms with Crippen molar-refractivity contribution >= 4 is 39.3 Å². The van der Waals surface area contributed by atoms with Crippen LogP contribution in [-0.4, -0.2) is 14.8 Å². The standard InChI is InChI=1S/C11H15IN4O/c1-3-4-8(12)16-6(2)5-7-9(11(16)17)10(13)15-14-7/h5,8H,3-4H2,1-2H3,(H3,13,14,15). The summed E-state index contributed by atoms with van der Waals surface area (Å²) >= 11 is 2.29. The lowest BCUT2D eigenvalue weighted by Gasteiger charge is -2.16. The maximum atomic E-state index is 12.4.